The summed E-state index contributed by atoms with van der Waals surface area (Å²) >= 11 is 12.7. The molecular formula is C20H20Cl2FNO2. The van der Waals surface area contributed by atoms with Crippen LogP contribution in [0.2, 0.25) is 10.0 Å². The summed E-state index contributed by atoms with van der Waals surface area (Å²) in [6, 6.07) is 6.35. The third kappa shape index (κ3) is 4.57. The van der Waals surface area contributed by atoms with Crippen LogP contribution in [0.15, 0.2) is 30.3 Å². The highest BCUT2D eigenvalue weighted by Crippen LogP contribution is 2.34. The van der Waals surface area contributed by atoms with Gasteiger partial charge >= 0.3 is 0 Å². The van der Waals surface area contributed by atoms with Gasteiger partial charge in [-0.05, 0) is 46.9 Å². The highest BCUT2D eigenvalue weighted by molar-refractivity contribution is 6.36. The first-order chi connectivity index (χ1) is 12.2. The van der Waals surface area contributed by atoms with E-state index in [1.165, 1.54) is 25.3 Å². The lowest BCUT2D eigenvalue weighted by molar-refractivity contribution is -0.115. The zero-order valence-electron chi connectivity index (χ0n) is 14.7. The number of hydrogen-bond acceptors (Lipinski definition) is 2. The summed E-state index contributed by atoms with van der Waals surface area (Å²) in [5, 5.41) is 13.1. The zero-order valence-corrected chi connectivity index (χ0v) is 16.2. The minimum Gasteiger partial charge on any atom is -0.508 e. The van der Waals surface area contributed by atoms with Crippen molar-refractivity contribution in [3.05, 3.63) is 68.5 Å². The van der Waals surface area contributed by atoms with Crippen molar-refractivity contribution in [2.75, 3.05) is 7.05 Å². The Bertz CT molecular complexity index is 840. The number of hydrogen-bond donors (Lipinski definition) is 2. The average molecular weight is 396 g/mol. The molecule has 0 saturated carbocycles. The Hall–Kier alpha value is -2.04. The molecule has 26 heavy (non-hydrogen) atoms. The molecular weight excluding hydrogens is 376 g/mol. The molecule has 0 spiro atoms. The number of nitrogens with one attached hydrogen (secondary N) is 1. The molecule has 0 saturated heterocycles. The van der Waals surface area contributed by atoms with Gasteiger partial charge in [-0.25, -0.2) is 4.39 Å². The van der Waals surface area contributed by atoms with E-state index in [0.717, 1.165) is 0 Å². The first-order valence-corrected chi connectivity index (χ1v) is 8.88. The molecule has 138 valence electrons. The number of halogens is 3. The van der Waals surface area contributed by atoms with Gasteiger partial charge in [-0.15, -0.1) is 0 Å². The van der Waals surface area contributed by atoms with Crippen molar-refractivity contribution in [2.45, 2.75) is 26.2 Å². The molecule has 2 aromatic carbocycles. The van der Waals surface area contributed by atoms with Gasteiger partial charge in [-0.3, -0.25) is 4.79 Å². The highest BCUT2D eigenvalue weighted by Gasteiger charge is 2.18. The van der Waals surface area contributed by atoms with E-state index in [1.807, 2.05) is 13.8 Å². The second-order valence-corrected chi connectivity index (χ2v) is 7.03. The quantitative estimate of drug-likeness (QED) is 0.673. The lowest BCUT2D eigenvalue weighted by Crippen LogP contribution is -2.13. The Morgan fingerprint density at radius 2 is 1.88 bits per heavy atom. The molecule has 2 N–H and O–H groups in total. The van der Waals surface area contributed by atoms with Crippen molar-refractivity contribution in [1.82, 2.24) is 5.32 Å². The summed E-state index contributed by atoms with van der Waals surface area (Å²) < 4.78 is 14.8. The van der Waals surface area contributed by atoms with E-state index in [0.29, 0.717) is 26.7 Å². The minimum absolute atomic E-state index is 0.0619. The van der Waals surface area contributed by atoms with Crippen LogP contribution in [-0.2, 0) is 11.2 Å². The average Bonchev–Trinajstić information content (AvgIpc) is 2.57. The van der Waals surface area contributed by atoms with Gasteiger partial charge in [0.15, 0.2) is 0 Å². The van der Waals surface area contributed by atoms with Crippen molar-refractivity contribution in [1.29, 1.82) is 0 Å². The van der Waals surface area contributed by atoms with Crippen LogP contribution in [0.5, 0.6) is 5.75 Å². The summed E-state index contributed by atoms with van der Waals surface area (Å²) in [6.07, 6.45) is 3.16. The fourth-order valence-electron chi connectivity index (χ4n) is 2.65. The molecule has 0 fully saturated rings. The number of benzene rings is 2. The molecule has 3 nitrogen and oxygen atoms in total. The third-order valence-corrected chi connectivity index (χ3v) is 4.69. The van der Waals surface area contributed by atoms with Crippen molar-refractivity contribution < 1.29 is 14.3 Å². The summed E-state index contributed by atoms with van der Waals surface area (Å²) in [7, 11) is 1.54. The molecule has 0 radical (unpaired) electrons. The molecule has 6 heteroatoms. The smallest absolute Gasteiger partial charge is 0.243 e. The third-order valence-electron chi connectivity index (χ3n) is 4.02. The SMILES string of the molecule is CNC(=O)/C=C/c1cc(Cl)c(Cc2ccc(O)c(C(C)C)c2F)c(Cl)c1. The Balaban J connectivity index is 2.38. The maximum atomic E-state index is 14.8. The van der Waals surface area contributed by atoms with E-state index in [-0.39, 0.29) is 29.6 Å². The van der Waals surface area contributed by atoms with Crippen molar-refractivity contribution >= 4 is 35.2 Å². The lowest BCUT2D eigenvalue weighted by Gasteiger charge is -2.15. The van der Waals surface area contributed by atoms with Crippen LogP contribution in [0.3, 0.4) is 0 Å². The van der Waals surface area contributed by atoms with Crippen molar-refractivity contribution in [2.24, 2.45) is 0 Å². The summed E-state index contributed by atoms with van der Waals surface area (Å²) in [4.78, 5) is 11.3. The highest BCUT2D eigenvalue weighted by atomic mass is 35.5. The molecule has 0 aliphatic heterocycles. The number of rotatable bonds is 5. The van der Waals surface area contributed by atoms with Crippen LogP contribution >= 0.6 is 23.2 Å². The number of phenols is 1. The summed E-state index contributed by atoms with van der Waals surface area (Å²) in [5.74, 6) is -0.907. The molecule has 0 aliphatic carbocycles. The van der Waals surface area contributed by atoms with Crippen molar-refractivity contribution in [3.63, 3.8) is 0 Å². The van der Waals surface area contributed by atoms with Gasteiger partial charge in [0.1, 0.15) is 11.6 Å². The van der Waals surface area contributed by atoms with Gasteiger partial charge in [-0.1, -0.05) is 43.1 Å². The van der Waals surface area contributed by atoms with Gasteiger partial charge in [-0.2, -0.15) is 0 Å². The fourth-order valence-corrected chi connectivity index (χ4v) is 3.28. The van der Waals surface area contributed by atoms with Gasteiger partial charge in [0.25, 0.3) is 0 Å². The lowest BCUT2D eigenvalue weighted by atomic mass is 9.95. The maximum absolute atomic E-state index is 14.8. The van der Waals surface area contributed by atoms with E-state index in [4.69, 9.17) is 23.2 Å². The standard InChI is InChI=1S/C20H20Cl2FNO2/c1-11(2)19-17(25)6-5-13(20(19)23)10-14-15(21)8-12(9-16(14)22)4-7-18(26)24-3/h4-9,11,25H,10H2,1-3H3,(H,24,26)/b7-4+. The van der Waals surface area contributed by atoms with Crippen LogP contribution < -0.4 is 5.32 Å². The molecule has 0 bridgehead atoms. The van der Waals surface area contributed by atoms with E-state index in [1.54, 1.807) is 18.2 Å². The number of carbonyl (C=O) groups excluding carboxylic acids is 1. The molecule has 0 aliphatic rings. The van der Waals surface area contributed by atoms with Gasteiger partial charge in [0.05, 0.1) is 0 Å². The molecule has 2 aromatic rings. The Labute approximate surface area is 162 Å². The maximum Gasteiger partial charge on any atom is 0.243 e. The number of likely N-dealkylation sites (N-methyl/N-ethyl adjacent to an activating group) is 1. The molecule has 0 heterocycles. The Kier molecular flexibility index (Phi) is 6.68. The second kappa shape index (κ2) is 8.56. The first kappa shape index (κ1) is 20.3. The van der Waals surface area contributed by atoms with Crippen LogP contribution in [0, 0.1) is 5.82 Å². The predicted octanol–water partition coefficient (Wildman–Crippen LogP) is 5.31. The predicted molar refractivity (Wildman–Crippen MR) is 105 cm³/mol. The van der Waals surface area contributed by atoms with Crippen LogP contribution in [0.1, 0.15) is 42.0 Å². The van der Waals surface area contributed by atoms with E-state index in [2.05, 4.69) is 5.32 Å². The van der Waals surface area contributed by atoms with Crippen LogP contribution in [0.25, 0.3) is 6.08 Å². The molecule has 0 atom stereocenters. The molecule has 0 unspecified atom stereocenters. The number of phenolic OH excluding ortho intramolecular Hbond substituents is 1. The minimum atomic E-state index is -0.448. The van der Waals surface area contributed by atoms with Crippen LogP contribution in [0.4, 0.5) is 4.39 Å². The topological polar surface area (TPSA) is 49.3 Å². The van der Waals surface area contributed by atoms with E-state index >= 15 is 0 Å². The fraction of sp³-hybridized carbons (Fsp3) is 0.250. The second-order valence-electron chi connectivity index (χ2n) is 6.21. The van der Waals surface area contributed by atoms with E-state index in [9.17, 15) is 14.3 Å². The molecule has 2 rings (SSSR count). The summed E-state index contributed by atoms with van der Waals surface area (Å²) in [5.41, 5.74) is 1.94. The number of carbonyl (C=O) groups is 1. The monoisotopic (exact) mass is 395 g/mol. The Morgan fingerprint density at radius 3 is 2.42 bits per heavy atom. The Morgan fingerprint density at radius 1 is 1.27 bits per heavy atom. The molecule has 0 aromatic heterocycles. The van der Waals surface area contributed by atoms with Gasteiger partial charge in [0.2, 0.25) is 5.91 Å². The van der Waals surface area contributed by atoms with E-state index < -0.39 is 5.82 Å². The van der Waals surface area contributed by atoms with Crippen LogP contribution in [-0.4, -0.2) is 18.1 Å². The zero-order chi connectivity index (χ0) is 19.4. The van der Waals surface area contributed by atoms with Gasteiger partial charge < -0.3 is 10.4 Å². The number of amides is 1. The first-order valence-electron chi connectivity index (χ1n) is 8.12. The number of aromatic hydroxyl groups is 1. The summed E-state index contributed by atoms with van der Waals surface area (Å²) in [6.45, 7) is 3.63. The largest absolute Gasteiger partial charge is 0.508 e. The van der Waals surface area contributed by atoms with Crippen molar-refractivity contribution in [3.8, 4) is 5.75 Å². The van der Waals surface area contributed by atoms with Gasteiger partial charge in [0, 0.05) is 35.2 Å². The molecule has 1 amide bonds. The normalized spacial score (nSPS) is 11.3.